The Morgan fingerprint density at radius 2 is 1.94 bits per heavy atom. The van der Waals surface area contributed by atoms with E-state index in [1.807, 2.05) is 0 Å². The van der Waals surface area contributed by atoms with Crippen molar-refractivity contribution in [3.8, 4) is 0 Å². The minimum atomic E-state index is 0.238. The smallest absolute Gasteiger partial charge is 0.0118 e. The quantitative estimate of drug-likeness (QED) is 0.818. The Hall–Kier alpha value is -0.0800. The second kappa shape index (κ2) is 5.27. The Morgan fingerprint density at radius 1 is 1.35 bits per heavy atom. The van der Waals surface area contributed by atoms with Crippen molar-refractivity contribution in [2.45, 2.75) is 59.9 Å². The van der Waals surface area contributed by atoms with Crippen molar-refractivity contribution in [2.24, 2.45) is 22.5 Å². The summed E-state index contributed by atoms with van der Waals surface area (Å²) in [7, 11) is 2.27. The first-order valence-corrected chi connectivity index (χ1v) is 7.07. The lowest BCUT2D eigenvalue weighted by atomic mass is 9.70. The lowest BCUT2D eigenvalue weighted by Crippen LogP contribution is -2.47. The Kier molecular flexibility index (Phi) is 4.65. The van der Waals surface area contributed by atoms with Gasteiger partial charge < -0.3 is 10.6 Å². The maximum absolute atomic E-state index is 5.84. The maximum Gasteiger partial charge on any atom is 0.0118 e. The fraction of sp³-hybridized carbons (Fsp3) is 1.00. The predicted molar refractivity (Wildman–Crippen MR) is 76.0 cm³/mol. The van der Waals surface area contributed by atoms with Crippen molar-refractivity contribution in [1.82, 2.24) is 4.90 Å². The molecule has 0 radical (unpaired) electrons. The molecule has 0 bridgehead atoms. The van der Waals surface area contributed by atoms with Crippen LogP contribution in [0.3, 0.4) is 0 Å². The molecular weight excluding hydrogens is 208 g/mol. The van der Waals surface area contributed by atoms with Gasteiger partial charge in [-0.15, -0.1) is 0 Å². The molecule has 0 aromatic heterocycles. The Labute approximate surface area is 108 Å². The summed E-state index contributed by atoms with van der Waals surface area (Å²) >= 11 is 0. The van der Waals surface area contributed by atoms with Gasteiger partial charge in [0.25, 0.3) is 0 Å². The highest BCUT2D eigenvalue weighted by molar-refractivity contribution is 4.89. The largest absolute Gasteiger partial charge is 0.330 e. The lowest BCUT2D eigenvalue weighted by Gasteiger charge is -2.45. The molecule has 1 rings (SSSR count). The standard InChI is InChI=1S/C15H32N2/c1-12-9-14(2,3)8-7-13(12)17(6)11-15(4,5)10-16/h12-13H,7-11,16H2,1-6H3. The third kappa shape index (κ3) is 4.26. The van der Waals surface area contributed by atoms with Crippen molar-refractivity contribution in [3.63, 3.8) is 0 Å². The Balaban J connectivity index is 2.56. The molecule has 0 heterocycles. The number of rotatable bonds is 4. The van der Waals surface area contributed by atoms with Crippen LogP contribution in [0.1, 0.15) is 53.9 Å². The summed E-state index contributed by atoms with van der Waals surface area (Å²) in [5.74, 6) is 0.803. The minimum absolute atomic E-state index is 0.238. The van der Waals surface area contributed by atoms with Crippen LogP contribution in [0.5, 0.6) is 0 Å². The topological polar surface area (TPSA) is 29.3 Å². The van der Waals surface area contributed by atoms with E-state index < -0.39 is 0 Å². The first-order valence-electron chi connectivity index (χ1n) is 7.07. The van der Waals surface area contributed by atoms with Crippen LogP contribution in [0.2, 0.25) is 0 Å². The van der Waals surface area contributed by atoms with Crippen molar-refractivity contribution < 1.29 is 0 Å². The highest BCUT2D eigenvalue weighted by Crippen LogP contribution is 2.40. The molecule has 0 amide bonds. The van der Waals surface area contributed by atoms with Gasteiger partial charge in [0.15, 0.2) is 0 Å². The minimum Gasteiger partial charge on any atom is -0.330 e. The molecular formula is C15H32N2. The van der Waals surface area contributed by atoms with E-state index in [4.69, 9.17) is 5.73 Å². The molecule has 0 saturated heterocycles. The Morgan fingerprint density at radius 3 is 2.41 bits per heavy atom. The monoisotopic (exact) mass is 240 g/mol. The molecule has 0 aromatic carbocycles. The average molecular weight is 240 g/mol. The number of nitrogens with two attached hydrogens (primary N) is 1. The molecule has 0 aliphatic heterocycles. The van der Waals surface area contributed by atoms with E-state index in [0.717, 1.165) is 25.0 Å². The fourth-order valence-corrected chi connectivity index (χ4v) is 3.44. The summed E-state index contributed by atoms with van der Waals surface area (Å²) in [4.78, 5) is 2.55. The van der Waals surface area contributed by atoms with Gasteiger partial charge in [0.05, 0.1) is 0 Å². The van der Waals surface area contributed by atoms with E-state index in [9.17, 15) is 0 Å². The molecule has 1 saturated carbocycles. The van der Waals surface area contributed by atoms with Gasteiger partial charge in [-0.1, -0.05) is 34.6 Å². The normalized spacial score (nSPS) is 29.6. The molecule has 1 aliphatic carbocycles. The van der Waals surface area contributed by atoms with Gasteiger partial charge in [-0.25, -0.2) is 0 Å². The maximum atomic E-state index is 5.84. The van der Waals surface area contributed by atoms with Crippen LogP contribution in [0.15, 0.2) is 0 Å². The van der Waals surface area contributed by atoms with Crippen LogP contribution < -0.4 is 5.73 Å². The Bertz CT molecular complexity index is 245. The molecule has 2 nitrogen and oxygen atoms in total. The van der Waals surface area contributed by atoms with Crippen LogP contribution >= 0.6 is 0 Å². The van der Waals surface area contributed by atoms with Crippen LogP contribution in [0, 0.1) is 16.7 Å². The van der Waals surface area contributed by atoms with Crippen LogP contribution in [0.4, 0.5) is 0 Å². The van der Waals surface area contributed by atoms with Crippen LogP contribution in [-0.2, 0) is 0 Å². The second-order valence-corrected chi connectivity index (χ2v) is 7.74. The van der Waals surface area contributed by atoms with Gasteiger partial charge in [-0.05, 0) is 49.6 Å². The third-order valence-corrected chi connectivity index (χ3v) is 4.44. The van der Waals surface area contributed by atoms with E-state index in [1.54, 1.807) is 0 Å². The van der Waals surface area contributed by atoms with E-state index in [-0.39, 0.29) is 5.41 Å². The van der Waals surface area contributed by atoms with Gasteiger partial charge in [0, 0.05) is 12.6 Å². The first kappa shape index (κ1) is 15.0. The molecule has 2 heteroatoms. The molecule has 2 atom stereocenters. The summed E-state index contributed by atoms with van der Waals surface area (Å²) < 4.78 is 0. The molecule has 0 aromatic rings. The summed E-state index contributed by atoms with van der Waals surface area (Å²) in [6.07, 6.45) is 4.05. The van der Waals surface area contributed by atoms with E-state index in [1.165, 1.54) is 19.3 Å². The zero-order valence-corrected chi connectivity index (χ0v) is 12.7. The zero-order chi connectivity index (χ0) is 13.3. The van der Waals surface area contributed by atoms with Crippen molar-refractivity contribution in [1.29, 1.82) is 0 Å². The predicted octanol–water partition coefficient (Wildman–Crippen LogP) is 3.12. The molecule has 1 fully saturated rings. The molecule has 0 spiro atoms. The summed E-state index contributed by atoms with van der Waals surface area (Å²) in [5.41, 5.74) is 6.61. The first-order chi connectivity index (χ1) is 7.67. The summed E-state index contributed by atoms with van der Waals surface area (Å²) in [6, 6.07) is 0.744. The van der Waals surface area contributed by atoms with E-state index in [0.29, 0.717) is 5.41 Å². The fourth-order valence-electron chi connectivity index (χ4n) is 3.44. The molecule has 1 aliphatic rings. The number of hydrogen-bond acceptors (Lipinski definition) is 2. The van der Waals surface area contributed by atoms with Crippen molar-refractivity contribution in [3.05, 3.63) is 0 Å². The van der Waals surface area contributed by atoms with E-state index >= 15 is 0 Å². The van der Waals surface area contributed by atoms with Crippen LogP contribution in [0.25, 0.3) is 0 Å². The average Bonchev–Trinajstić information content (AvgIpc) is 2.15. The van der Waals surface area contributed by atoms with Gasteiger partial charge >= 0.3 is 0 Å². The number of nitrogens with zero attached hydrogens (tertiary/aromatic N) is 1. The lowest BCUT2D eigenvalue weighted by molar-refractivity contribution is 0.0558. The summed E-state index contributed by atoms with van der Waals surface area (Å²) in [5, 5.41) is 0. The van der Waals surface area contributed by atoms with Crippen LogP contribution in [-0.4, -0.2) is 31.1 Å². The number of hydrogen-bond donors (Lipinski definition) is 1. The second-order valence-electron chi connectivity index (χ2n) is 7.74. The van der Waals surface area contributed by atoms with Gasteiger partial charge in [-0.2, -0.15) is 0 Å². The highest BCUT2D eigenvalue weighted by atomic mass is 15.1. The van der Waals surface area contributed by atoms with Crippen molar-refractivity contribution >= 4 is 0 Å². The third-order valence-electron chi connectivity index (χ3n) is 4.44. The molecule has 2 unspecified atom stereocenters. The van der Waals surface area contributed by atoms with E-state index in [2.05, 4.69) is 46.6 Å². The summed E-state index contributed by atoms with van der Waals surface area (Å²) in [6.45, 7) is 13.6. The highest BCUT2D eigenvalue weighted by Gasteiger charge is 2.35. The zero-order valence-electron chi connectivity index (χ0n) is 12.7. The van der Waals surface area contributed by atoms with Gasteiger partial charge in [0.2, 0.25) is 0 Å². The van der Waals surface area contributed by atoms with Gasteiger partial charge in [0.1, 0.15) is 0 Å². The van der Waals surface area contributed by atoms with Gasteiger partial charge in [-0.3, -0.25) is 0 Å². The molecule has 2 N–H and O–H groups in total. The molecule has 17 heavy (non-hydrogen) atoms. The van der Waals surface area contributed by atoms with Crippen molar-refractivity contribution in [2.75, 3.05) is 20.1 Å². The SMILES string of the molecule is CC1CC(C)(C)CCC1N(C)CC(C)(C)CN. The molecule has 102 valence electrons.